The Morgan fingerprint density at radius 1 is 1.14 bits per heavy atom. The molecule has 0 saturated heterocycles. The van der Waals surface area contributed by atoms with Crippen LogP contribution >= 0.6 is 0 Å². The maximum atomic E-state index is 13.1. The van der Waals surface area contributed by atoms with E-state index in [9.17, 15) is 4.39 Å². The van der Waals surface area contributed by atoms with Crippen molar-refractivity contribution in [1.82, 2.24) is 4.98 Å². The summed E-state index contributed by atoms with van der Waals surface area (Å²) in [6.07, 6.45) is 2.90. The Morgan fingerprint density at radius 3 is 2.57 bits per heavy atom. The number of fused-ring (bicyclic) bond motifs is 1. The highest BCUT2D eigenvalue weighted by Gasteiger charge is 1.99. The molecule has 0 aliphatic carbocycles. The van der Waals surface area contributed by atoms with E-state index in [2.05, 4.69) is 4.98 Å². The fraction of sp³-hybridized carbons (Fsp3) is 0.250. The number of rotatable bonds is 0. The van der Waals surface area contributed by atoms with Crippen LogP contribution in [0.5, 0.6) is 0 Å². The Labute approximate surface area is 83.6 Å². The molecule has 0 saturated carbocycles. The van der Waals surface area contributed by atoms with Crippen LogP contribution < -0.4 is 0 Å². The first kappa shape index (κ1) is 10.6. The topological polar surface area (TPSA) is 12.9 Å². The number of nitrogens with zero attached hydrogens (tertiary/aromatic N) is 1. The lowest BCUT2D eigenvalue weighted by atomic mass is 10.1. The molecule has 0 spiro atoms. The van der Waals surface area contributed by atoms with E-state index in [1.165, 1.54) is 6.20 Å². The SMILES string of the molecule is CC.Cc1ccc2cncc(F)c2c1. The van der Waals surface area contributed by atoms with Gasteiger partial charge >= 0.3 is 0 Å². The van der Waals surface area contributed by atoms with E-state index in [1.807, 2.05) is 39.0 Å². The second-order valence-electron chi connectivity index (χ2n) is 2.85. The molecule has 2 aromatic rings. The van der Waals surface area contributed by atoms with Gasteiger partial charge in [0.2, 0.25) is 0 Å². The summed E-state index contributed by atoms with van der Waals surface area (Å²) in [6, 6.07) is 5.65. The second-order valence-corrected chi connectivity index (χ2v) is 2.85. The zero-order valence-electron chi connectivity index (χ0n) is 8.71. The molecule has 2 rings (SSSR count). The number of hydrogen-bond donors (Lipinski definition) is 0. The molecule has 0 aliphatic rings. The Balaban J connectivity index is 0.000000461. The predicted molar refractivity (Wildman–Crippen MR) is 57.8 cm³/mol. The molecular weight excluding hydrogens is 177 g/mol. The number of pyridine rings is 1. The monoisotopic (exact) mass is 191 g/mol. The molecular formula is C12H14FN. The second kappa shape index (κ2) is 4.70. The molecule has 1 aromatic heterocycles. The summed E-state index contributed by atoms with van der Waals surface area (Å²) < 4.78 is 13.1. The van der Waals surface area contributed by atoms with E-state index in [-0.39, 0.29) is 5.82 Å². The van der Waals surface area contributed by atoms with Crippen molar-refractivity contribution in [3.05, 3.63) is 42.0 Å². The first-order valence-corrected chi connectivity index (χ1v) is 4.77. The molecule has 0 radical (unpaired) electrons. The van der Waals surface area contributed by atoms with Crippen LogP contribution in [0, 0.1) is 12.7 Å². The van der Waals surface area contributed by atoms with Gasteiger partial charge < -0.3 is 0 Å². The Hall–Kier alpha value is -1.44. The first-order valence-electron chi connectivity index (χ1n) is 4.77. The fourth-order valence-corrected chi connectivity index (χ4v) is 1.24. The molecule has 0 unspecified atom stereocenters. The number of aromatic nitrogens is 1. The minimum Gasteiger partial charge on any atom is -0.261 e. The van der Waals surface area contributed by atoms with Crippen LogP contribution in [0.15, 0.2) is 30.6 Å². The Kier molecular flexibility index (Phi) is 3.57. The van der Waals surface area contributed by atoms with Crippen molar-refractivity contribution in [3.8, 4) is 0 Å². The van der Waals surface area contributed by atoms with Crippen LogP contribution in [0.4, 0.5) is 4.39 Å². The van der Waals surface area contributed by atoms with Gasteiger partial charge in [-0.15, -0.1) is 0 Å². The summed E-state index contributed by atoms with van der Waals surface area (Å²) >= 11 is 0. The van der Waals surface area contributed by atoms with Gasteiger partial charge in [-0.2, -0.15) is 0 Å². The normalized spacial score (nSPS) is 9.43. The van der Waals surface area contributed by atoms with Crippen LogP contribution in [0.1, 0.15) is 19.4 Å². The standard InChI is InChI=1S/C10H8FN.C2H6/c1-7-2-3-8-5-12-6-10(11)9(8)4-7;1-2/h2-6H,1H3;1-2H3. The Bertz CT molecular complexity index is 424. The molecule has 0 fully saturated rings. The molecule has 0 N–H and O–H groups in total. The lowest BCUT2D eigenvalue weighted by Gasteiger charge is -1.98. The molecule has 0 aliphatic heterocycles. The smallest absolute Gasteiger partial charge is 0.149 e. The van der Waals surface area contributed by atoms with Crippen LogP contribution in [-0.2, 0) is 0 Å². The number of hydrogen-bond acceptors (Lipinski definition) is 1. The zero-order chi connectivity index (χ0) is 10.6. The molecule has 0 bridgehead atoms. The maximum Gasteiger partial charge on any atom is 0.149 e. The van der Waals surface area contributed by atoms with Crippen molar-refractivity contribution in [3.63, 3.8) is 0 Å². The quantitative estimate of drug-likeness (QED) is 0.618. The largest absolute Gasteiger partial charge is 0.261 e. The van der Waals surface area contributed by atoms with E-state index in [4.69, 9.17) is 0 Å². The van der Waals surface area contributed by atoms with E-state index in [0.29, 0.717) is 5.39 Å². The summed E-state index contributed by atoms with van der Waals surface area (Å²) in [6.45, 7) is 5.94. The zero-order valence-corrected chi connectivity index (χ0v) is 8.71. The molecule has 2 heteroatoms. The molecule has 1 nitrogen and oxygen atoms in total. The number of halogens is 1. The minimum atomic E-state index is -0.254. The average Bonchev–Trinajstić information content (AvgIpc) is 2.22. The van der Waals surface area contributed by atoms with Crippen LogP contribution in [-0.4, -0.2) is 4.98 Å². The lowest BCUT2D eigenvalue weighted by molar-refractivity contribution is 0.634. The fourth-order valence-electron chi connectivity index (χ4n) is 1.24. The van der Waals surface area contributed by atoms with Gasteiger partial charge in [-0.25, -0.2) is 4.39 Å². The maximum absolute atomic E-state index is 13.1. The van der Waals surface area contributed by atoms with Crippen molar-refractivity contribution in [2.75, 3.05) is 0 Å². The summed E-state index contributed by atoms with van der Waals surface area (Å²) in [7, 11) is 0. The van der Waals surface area contributed by atoms with Crippen molar-refractivity contribution in [1.29, 1.82) is 0 Å². The van der Waals surface area contributed by atoms with Crippen molar-refractivity contribution in [2.45, 2.75) is 20.8 Å². The molecule has 14 heavy (non-hydrogen) atoms. The van der Waals surface area contributed by atoms with Gasteiger partial charge in [0.05, 0.1) is 6.20 Å². The predicted octanol–water partition coefficient (Wildman–Crippen LogP) is 3.71. The molecule has 0 atom stereocenters. The number of benzene rings is 1. The van der Waals surface area contributed by atoms with Crippen molar-refractivity contribution >= 4 is 10.8 Å². The van der Waals surface area contributed by atoms with Gasteiger partial charge in [0.1, 0.15) is 5.82 Å². The van der Waals surface area contributed by atoms with E-state index in [0.717, 1.165) is 10.9 Å². The van der Waals surface area contributed by atoms with Crippen molar-refractivity contribution in [2.24, 2.45) is 0 Å². The van der Waals surface area contributed by atoms with Gasteiger partial charge in [0.15, 0.2) is 0 Å². The van der Waals surface area contributed by atoms with Crippen LogP contribution in [0.2, 0.25) is 0 Å². The summed E-state index contributed by atoms with van der Waals surface area (Å²) in [5.41, 5.74) is 1.06. The highest BCUT2D eigenvalue weighted by molar-refractivity contribution is 5.82. The molecule has 1 heterocycles. The van der Waals surface area contributed by atoms with Crippen LogP contribution in [0.25, 0.3) is 10.8 Å². The van der Waals surface area contributed by atoms with E-state index >= 15 is 0 Å². The highest BCUT2D eigenvalue weighted by atomic mass is 19.1. The van der Waals surface area contributed by atoms with Gasteiger partial charge in [0, 0.05) is 17.0 Å². The van der Waals surface area contributed by atoms with Gasteiger partial charge in [-0.1, -0.05) is 31.5 Å². The third-order valence-electron chi connectivity index (χ3n) is 1.87. The van der Waals surface area contributed by atoms with E-state index in [1.54, 1.807) is 6.20 Å². The average molecular weight is 191 g/mol. The minimum absolute atomic E-state index is 0.254. The van der Waals surface area contributed by atoms with Gasteiger partial charge in [-0.3, -0.25) is 4.98 Å². The van der Waals surface area contributed by atoms with Crippen LogP contribution in [0.3, 0.4) is 0 Å². The third kappa shape index (κ3) is 2.08. The lowest BCUT2D eigenvalue weighted by Crippen LogP contribution is -1.82. The molecule has 1 aromatic carbocycles. The summed E-state index contributed by atoms with van der Waals surface area (Å²) in [4.78, 5) is 3.77. The summed E-state index contributed by atoms with van der Waals surface area (Å²) in [5.74, 6) is -0.254. The van der Waals surface area contributed by atoms with Gasteiger partial charge in [0.25, 0.3) is 0 Å². The molecule has 0 amide bonds. The molecule has 74 valence electrons. The third-order valence-corrected chi connectivity index (χ3v) is 1.87. The van der Waals surface area contributed by atoms with Gasteiger partial charge in [-0.05, 0) is 13.0 Å². The van der Waals surface area contributed by atoms with E-state index < -0.39 is 0 Å². The first-order chi connectivity index (χ1) is 6.77. The summed E-state index contributed by atoms with van der Waals surface area (Å²) in [5, 5.41) is 1.49. The highest BCUT2D eigenvalue weighted by Crippen LogP contribution is 2.17. The number of aryl methyl sites for hydroxylation is 1. The Morgan fingerprint density at radius 2 is 1.86 bits per heavy atom. The van der Waals surface area contributed by atoms with Crippen molar-refractivity contribution < 1.29 is 4.39 Å².